The number of carbonyl (C=O) groups is 1. The highest BCUT2D eigenvalue weighted by Gasteiger charge is 2.18. The zero-order valence-corrected chi connectivity index (χ0v) is 12.8. The largest absolute Gasteiger partial charge is 0.465 e. The van der Waals surface area contributed by atoms with Crippen LogP contribution >= 0.6 is 0 Å². The fourth-order valence-corrected chi connectivity index (χ4v) is 2.67. The molecule has 0 saturated carbocycles. The second kappa shape index (κ2) is 7.52. The van der Waals surface area contributed by atoms with Gasteiger partial charge in [0.1, 0.15) is 5.82 Å². The molecule has 1 heterocycles. The quantitative estimate of drug-likeness (QED) is 0.779. The summed E-state index contributed by atoms with van der Waals surface area (Å²) in [4.78, 5) is 16.2. The van der Waals surface area contributed by atoms with Crippen molar-refractivity contribution in [3.8, 4) is 0 Å². The molecule has 0 spiro atoms. The molecular weight excluding hydrogens is 271 g/mol. The van der Waals surface area contributed by atoms with Crippen LogP contribution in [0.2, 0.25) is 0 Å². The zero-order chi connectivity index (χ0) is 15.2. The molecule has 116 valence electrons. The Hall–Kier alpha value is -1.46. The number of hydrogen-bond acceptors (Lipinski definition) is 4. The first-order valence-corrected chi connectivity index (χ1v) is 7.45. The van der Waals surface area contributed by atoms with Crippen LogP contribution in [0.25, 0.3) is 0 Å². The predicted molar refractivity (Wildman–Crippen MR) is 79.7 cm³/mol. The van der Waals surface area contributed by atoms with E-state index < -0.39 is 5.97 Å². The number of methoxy groups -OCH3 is 1. The van der Waals surface area contributed by atoms with Gasteiger partial charge in [-0.1, -0.05) is 6.92 Å². The molecule has 1 aromatic carbocycles. The highest BCUT2D eigenvalue weighted by molar-refractivity contribution is 5.89. The minimum atomic E-state index is -0.427. The smallest absolute Gasteiger partial charge is 0.337 e. The van der Waals surface area contributed by atoms with Crippen molar-refractivity contribution < 1.29 is 13.9 Å². The van der Waals surface area contributed by atoms with Crippen LogP contribution in [-0.2, 0) is 11.3 Å². The highest BCUT2D eigenvalue weighted by Crippen LogP contribution is 2.15. The lowest BCUT2D eigenvalue weighted by molar-refractivity contribution is 0.0600. The lowest BCUT2D eigenvalue weighted by atomic mass is 10.1. The number of hydrogen-bond donors (Lipinski definition) is 0. The molecule has 4 nitrogen and oxygen atoms in total. The number of rotatable bonds is 5. The number of esters is 1. The molecule has 0 aromatic heterocycles. The molecule has 0 unspecified atom stereocenters. The second-order valence-corrected chi connectivity index (χ2v) is 5.42. The first-order chi connectivity index (χ1) is 10.1. The Morgan fingerprint density at radius 3 is 2.52 bits per heavy atom. The predicted octanol–water partition coefficient (Wildman–Crippen LogP) is 2.14. The summed E-state index contributed by atoms with van der Waals surface area (Å²) >= 11 is 0. The molecule has 1 aliphatic rings. The van der Waals surface area contributed by atoms with Crippen LogP contribution in [0.1, 0.15) is 29.3 Å². The van der Waals surface area contributed by atoms with Crippen LogP contribution in [0.4, 0.5) is 4.39 Å². The summed E-state index contributed by atoms with van der Waals surface area (Å²) in [5.74, 6) is -0.692. The summed E-state index contributed by atoms with van der Waals surface area (Å²) in [5.41, 5.74) is 0.959. The van der Waals surface area contributed by atoms with Gasteiger partial charge >= 0.3 is 5.97 Å². The van der Waals surface area contributed by atoms with Crippen LogP contribution in [0, 0.1) is 5.82 Å². The van der Waals surface area contributed by atoms with Gasteiger partial charge < -0.3 is 9.64 Å². The number of benzene rings is 1. The molecule has 1 saturated heterocycles. The highest BCUT2D eigenvalue weighted by atomic mass is 19.1. The van der Waals surface area contributed by atoms with Crippen molar-refractivity contribution in [3.63, 3.8) is 0 Å². The molecule has 0 amide bonds. The first-order valence-electron chi connectivity index (χ1n) is 7.45. The van der Waals surface area contributed by atoms with Gasteiger partial charge in [-0.2, -0.15) is 0 Å². The summed E-state index contributed by atoms with van der Waals surface area (Å²) in [6, 6.07) is 4.40. The molecule has 2 rings (SSSR count). The zero-order valence-electron chi connectivity index (χ0n) is 12.8. The normalized spacial score (nSPS) is 16.9. The lowest BCUT2D eigenvalue weighted by Crippen LogP contribution is -2.46. The van der Waals surface area contributed by atoms with E-state index in [-0.39, 0.29) is 5.82 Å². The van der Waals surface area contributed by atoms with Crippen molar-refractivity contribution in [1.82, 2.24) is 9.80 Å². The number of ether oxygens (including phenoxy) is 1. The average molecular weight is 294 g/mol. The average Bonchev–Trinajstić information content (AvgIpc) is 2.51. The molecule has 1 aromatic rings. The molecule has 5 heteroatoms. The fourth-order valence-electron chi connectivity index (χ4n) is 2.67. The van der Waals surface area contributed by atoms with E-state index in [2.05, 4.69) is 21.5 Å². The Morgan fingerprint density at radius 1 is 1.24 bits per heavy atom. The van der Waals surface area contributed by atoms with Crippen LogP contribution in [-0.4, -0.2) is 55.6 Å². The summed E-state index contributed by atoms with van der Waals surface area (Å²) in [6.45, 7) is 7.75. The number of carbonyl (C=O) groups excluding carboxylic acids is 1. The van der Waals surface area contributed by atoms with Crippen molar-refractivity contribution in [2.45, 2.75) is 19.9 Å². The van der Waals surface area contributed by atoms with Crippen LogP contribution in [0.15, 0.2) is 18.2 Å². The molecule has 1 fully saturated rings. The second-order valence-electron chi connectivity index (χ2n) is 5.42. The van der Waals surface area contributed by atoms with E-state index in [1.165, 1.54) is 19.2 Å². The SMILES string of the molecule is CCCN1CCN(Cc2cc(C(=O)OC)ccc2F)CC1. The number of halogens is 1. The Balaban J connectivity index is 1.98. The lowest BCUT2D eigenvalue weighted by Gasteiger charge is -2.34. The van der Waals surface area contributed by atoms with Crippen molar-refractivity contribution in [2.75, 3.05) is 39.8 Å². The minimum absolute atomic E-state index is 0.265. The van der Waals surface area contributed by atoms with Gasteiger partial charge in [-0.3, -0.25) is 4.90 Å². The van der Waals surface area contributed by atoms with Crippen molar-refractivity contribution in [3.05, 3.63) is 35.1 Å². The van der Waals surface area contributed by atoms with E-state index in [0.717, 1.165) is 39.1 Å². The van der Waals surface area contributed by atoms with E-state index >= 15 is 0 Å². The van der Waals surface area contributed by atoms with Crippen LogP contribution in [0.3, 0.4) is 0 Å². The molecule has 0 atom stereocenters. The van der Waals surface area contributed by atoms with Crippen molar-refractivity contribution in [1.29, 1.82) is 0 Å². The van der Waals surface area contributed by atoms with Crippen molar-refractivity contribution in [2.24, 2.45) is 0 Å². The van der Waals surface area contributed by atoms with E-state index in [1.807, 2.05) is 0 Å². The monoisotopic (exact) mass is 294 g/mol. The Labute approximate surface area is 125 Å². The summed E-state index contributed by atoms with van der Waals surface area (Å²) in [5, 5.41) is 0. The van der Waals surface area contributed by atoms with E-state index in [4.69, 9.17) is 0 Å². The summed E-state index contributed by atoms with van der Waals surface area (Å²) in [7, 11) is 1.33. The number of piperazine rings is 1. The maximum Gasteiger partial charge on any atom is 0.337 e. The Kier molecular flexibility index (Phi) is 5.70. The van der Waals surface area contributed by atoms with Gasteiger partial charge in [-0.05, 0) is 31.2 Å². The van der Waals surface area contributed by atoms with Crippen molar-refractivity contribution >= 4 is 5.97 Å². The molecule has 0 N–H and O–H groups in total. The van der Waals surface area contributed by atoms with E-state index in [1.54, 1.807) is 6.07 Å². The Morgan fingerprint density at radius 2 is 1.90 bits per heavy atom. The minimum Gasteiger partial charge on any atom is -0.465 e. The van der Waals surface area contributed by atoms with Crippen LogP contribution in [0.5, 0.6) is 0 Å². The van der Waals surface area contributed by atoms with Gasteiger partial charge in [0.05, 0.1) is 12.7 Å². The van der Waals surface area contributed by atoms with Gasteiger partial charge in [-0.25, -0.2) is 9.18 Å². The third kappa shape index (κ3) is 4.25. The molecule has 21 heavy (non-hydrogen) atoms. The topological polar surface area (TPSA) is 32.8 Å². The third-order valence-corrected chi connectivity index (χ3v) is 3.87. The maximum atomic E-state index is 13.9. The maximum absolute atomic E-state index is 13.9. The van der Waals surface area contributed by atoms with Gasteiger partial charge in [0.15, 0.2) is 0 Å². The van der Waals surface area contributed by atoms with E-state index in [0.29, 0.717) is 17.7 Å². The van der Waals surface area contributed by atoms with Gasteiger partial charge in [-0.15, -0.1) is 0 Å². The molecule has 1 aliphatic heterocycles. The molecule has 0 bridgehead atoms. The van der Waals surface area contributed by atoms with Gasteiger partial charge in [0.2, 0.25) is 0 Å². The molecular formula is C16H23FN2O2. The Bertz CT molecular complexity index is 485. The number of nitrogens with zero attached hydrogens (tertiary/aromatic N) is 2. The van der Waals surface area contributed by atoms with E-state index in [9.17, 15) is 9.18 Å². The molecule has 0 radical (unpaired) electrons. The van der Waals surface area contributed by atoms with Gasteiger partial charge in [0.25, 0.3) is 0 Å². The van der Waals surface area contributed by atoms with Gasteiger partial charge in [0, 0.05) is 38.3 Å². The standard InChI is InChI=1S/C16H23FN2O2/c1-3-6-18-7-9-19(10-8-18)12-14-11-13(16(20)21-2)4-5-15(14)17/h4-5,11H,3,6-10,12H2,1-2H3. The first kappa shape index (κ1) is 15.9. The summed E-state index contributed by atoms with van der Waals surface area (Å²) in [6.07, 6.45) is 1.16. The summed E-state index contributed by atoms with van der Waals surface area (Å²) < 4.78 is 18.6. The fraction of sp³-hybridized carbons (Fsp3) is 0.562. The molecule has 0 aliphatic carbocycles. The third-order valence-electron chi connectivity index (χ3n) is 3.87. The van der Waals surface area contributed by atoms with Crippen LogP contribution < -0.4 is 0 Å².